The summed E-state index contributed by atoms with van der Waals surface area (Å²) in [4.78, 5) is 24.9. The van der Waals surface area contributed by atoms with Crippen molar-refractivity contribution in [3.8, 4) is 11.5 Å². The molecule has 0 radical (unpaired) electrons. The number of ether oxygens (including phenoxy) is 1. The van der Waals surface area contributed by atoms with Crippen molar-refractivity contribution in [3.05, 3.63) is 53.1 Å². The van der Waals surface area contributed by atoms with Gasteiger partial charge in [-0.1, -0.05) is 39.8 Å². The Labute approximate surface area is 172 Å². The van der Waals surface area contributed by atoms with Crippen molar-refractivity contribution >= 4 is 17.5 Å². The van der Waals surface area contributed by atoms with E-state index in [0.29, 0.717) is 22.9 Å². The van der Waals surface area contributed by atoms with Crippen LogP contribution in [0.15, 0.2) is 36.4 Å². The van der Waals surface area contributed by atoms with Crippen molar-refractivity contribution in [2.75, 3.05) is 12.4 Å². The zero-order valence-corrected chi connectivity index (χ0v) is 17.9. The summed E-state index contributed by atoms with van der Waals surface area (Å²) in [5.74, 6) is -0.391. The third kappa shape index (κ3) is 5.50. The predicted octanol–water partition coefficient (Wildman–Crippen LogP) is 4.46. The first-order valence-corrected chi connectivity index (χ1v) is 9.76. The summed E-state index contributed by atoms with van der Waals surface area (Å²) in [6, 6.07) is 10.0. The van der Waals surface area contributed by atoms with Crippen LogP contribution in [0.25, 0.3) is 0 Å². The standard InChI is InChI=1S/C23H30N2O4/c1-13(2)16-7-9-20(18(11-16)14(3)4)25-23(28)22(27)24-15(5)19-12-17(29-6)8-10-21(19)26/h7-15,26H,1-6H3,(H,24,27)(H,25,28). The highest BCUT2D eigenvalue weighted by molar-refractivity contribution is 6.39. The van der Waals surface area contributed by atoms with E-state index in [0.717, 1.165) is 5.56 Å². The number of phenols is 1. The summed E-state index contributed by atoms with van der Waals surface area (Å²) < 4.78 is 5.15. The maximum Gasteiger partial charge on any atom is 0.313 e. The number of rotatable bonds is 6. The van der Waals surface area contributed by atoms with Crippen molar-refractivity contribution in [3.63, 3.8) is 0 Å². The normalized spacial score (nSPS) is 12.0. The van der Waals surface area contributed by atoms with Crippen molar-refractivity contribution in [2.24, 2.45) is 0 Å². The van der Waals surface area contributed by atoms with Crippen LogP contribution in [0.2, 0.25) is 0 Å². The number of hydrogen-bond acceptors (Lipinski definition) is 4. The van der Waals surface area contributed by atoms with Gasteiger partial charge < -0.3 is 20.5 Å². The van der Waals surface area contributed by atoms with Gasteiger partial charge in [-0.25, -0.2) is 0 Å². The molecule has 29 heavy (non-hydrogen) atoms. The molecule has 0 heterocycles. The molecule has 2 aromatic carbocycles. The summed E-state index contributed by atoms with van der Waals surface area (Å²) >= 11 is 0. The highest BCUT2D eigenvalue weighted by Crippen LogP contribution is 2.29. The van der Waals surface area contributed by atoms with Crippen LogP contribution >= 0.6 is 0 Å². The number of methoxy groups -OCH3 is 1. The molecule has 1 atom stereocenters. The molecule has 2 amide bonds. The fraction of sp³-hybridized carbons (Fsp3) is 0.391. The van der Waals surface area contributed by atoms with Crippen molar-refractivity contribution in [1.82, 2.24) is 5.32 Å². The second-order valence-corrected chi connectivity index (χ2v) is 7.73. The lowest BCUT2D eigenvalue weighted by Gasteiger charge is -2.18. The van der Waals surface area contributed by atoms with Gasteiger partial charge >= 0.3 is 11.8 Å². The fourth-order valence-electron chi connectivity index (χ4n) is 3.06. The number of phenolic OH excluding ortho intramolecular Hbond substituents is 1. The van der Waals surface area contributed by atoms with Gasteiger partial charge in [0.1, 0.15) is 11.5 Å². The Morgan fingerprint density at radius 2 is 1.59 bits per heavy atom. The van der Waals surface area contributed by atoms with Gasteiger partial charge in [0.25, 0.3) is 0 Å². The molecule has 6 nitrogen and oxygen atoms in total. The van der Waals surface area contributed by atoms with Gasteiger partial charge in [-0.05, 0) is 54.2 Å². The number of benzene rings is 2. The van der Waals surface area contributed by atoms with E-state index in [1.165, 1.54) is 18.7 Å². The third-order valence-corrected chi connectivity index (χ3v) is 4.87. The first-order chi connectivity index (χ1) is 13.6. The van der Waals surface area contributed by atoms with Gasteiger partial charge in [-0.2, -0.15) is 0 Å². The van der Waals surface area contributed by atoms with Crippen LogP contribution in [0.4, 0.5) is 5.69 Å². The second-order valence-electron chi connectivity index (χ2n) is 7.73. The fourth-order valence-corrected chi connectivity index (χ4v) is 3.06. The Hall–Kier alpha value is -3.02. The van der Waals surface area contributed by atoms with Crippen molar-refractivity contribution in [2.45, 2.75) is 52.5 Å². The molecule has 0 aliphatic carbocycles. The lowest BCUT2D eigenvalue weighted by molar-refractivity contribution is -0.136. The maximum atomic E-state index is 12.5. The van der Waals surface area contributed by atoms with Crippen molar-refractivity contribution in [1.29, 1.82) is 0 Å². The molecule has 3 N–H and O–H groups in total. The van der Waals surface area contributed by atoms with Gasteiger partial charge in [0, 0.05) is 11.3 Å². The number of anilines is 1. The summed E-state index contributed by atoms with van der Waals surface area (Å²) in [5.41, 5.74) is 3.25. The number of carbonyl (C=O) groups excluding carboxylic acids is 2. The Morgan fingerprint density at radius 3 is 2.17 bits per heavy atom. The number of hydrogen-bond donors (Lipinski definition) is 3. The molecular weight excluding hydrogens is 368 g/mol. The first-order valence-electron chi connectivity index (χ1n) is 9.76. The average Bonchev–Trinajstić information content (AvgIpc) is 2.68. The monoisotopic (exact) mass is 398 g/mol. The zero-order valence-electron chi connectivity index (χ0n) is 17.9. The number of aromatic hydroxyl groups is 1. The number of nitrogens with one attached hydrogen (secondary N) is 2. The molecule has 2 rings (SSSR count). The highest BCUT2D eigenvalue weighted by Gasteiger charge is 2.21. The van der Waals surface area contributed by atoms with Crippen LogP contribution in [0, 0.1) is 0 Å². The number of amides is 2. The molecule has 156 valence electrons. The highest BCUT2D eigenvalue weighted by atomic mass is 16.5. The second kappa shape index (κ2) is 9.45. The molecular formula is C23H30N2O4. The van der Waals surface area contributed by atoms with Gasteiger partial charge in [0.05, 0.1) is 13.2 Å². The van der Waals surface area contributed by atoms with E-state index in [1.807, 2.05) is 26.0 Å². The molecule has 0 saturated carbocycles. The molecule has 0 fully saturated rings. The Bertz CT molecular complexity index is 890. The molecule has 0 aromatic heterocycles. The molecule has 0 spiro atoms. The van der Waals surface area contributed by atoms with E-state index in [2.05, 4.69) is 30.5 Å². The summed E-state index contributed by atoms with van der Waals surface area (Å²) in [6.07, 6.45) is 0. The van der Waals surface area contributed by atoms with Crippen LogP contribution in [0.5, 0.6) is 11.5 Å². The van der Waals surface area contributed by atoms with E-state index < -0.39 is 17.9 Å². The minimum atomic E-state index is -0.776. The summed E-state index contributed by atoms with van der Waals surface area (Å²) in [7, 11) is 1.52. The smallest absolute Gasteiger partial charge is 0.313 e. The Balaban J connectivity index is 2.14. The zero-order chi connectivity index (χ0) is 21.7. The van der Waals surface area contributed by atoms with Crippen LogP contribution in [0.1, 0.15) is 69.2 Å². The molecule has 0 bridgehead atoms. The lowest BCUT2D eigenvalue weighted by Crippen LogP contribution is -2.37. The molecule has 0 saturated heterocycles. The van der Waals surface area contributed by atoms with E-state index in [-0.39, 0.29) is 11.7 Å². The first kappa shape index (κ1) is 22.3. The minimum absolute atomic E-state index is 0.0189. The SMILES string of the molecule is COc1ccc(O)c(C(C)NC(=O)C(=O)Nc2ccc(C(C)C)cc2C(C)C)c1. The van der Waals surface area contributed by atoms with Gasteiger partial charge in [-0.3, -0.25) is 9.59 Å². The lowest BCUT2D eigenvalue weighted by atomic mass is 9.94. The largest absolute Gasteiger partial charge is 0.508 e. The predicted molar refractivity (Wildman–Crippen MR) is 114 cm³/mol. The van der Waals surface area contributed by atoms with E-state index in [1.54, 1.807) is 19.1 Å². The van der Waals surface area contributed by atoms with Crippen molar-refractivity contribution < 1.29 is 19.4 Å². The molecule has 6 heteroatoms. The number of carbonyl (C=O) groups is 2. The van der Waals surface area contributed by atoms with E-state index in [4.69, 9.17) is 4.74 Å². The van der Waals surface area contributed by atoms with Gasteiger partial charge in [0.2, 0.25) is 0 Å². The Kier molecular flexibility index (Phi) is 7.26. The van der Waals surface area contributed by atoms with Crippen LogP contribution in [0.3, 0.4) is 0 Å². The molecule has 0 aliphatic heterocycles. The van der Waals surface area contributed by atoms with Gasteiger partial charge in [0.15, 0.2) is 0 Å². The molecule has 0 aliphatic rings. The summed E-state index contributed by atoms with van der Waals surface area (Å²) in [5, 5.41) is 15.4. The van der Waals surface area contributed by atoms with Crippen LogP contribution in [-0.4, -0.2) is 24.0 Å². The molecule has 2 aromatic rings. The van der Waals surface area contributed by atoms with E-state index >= 15 is 0 Å². The van der Waals surface area contributed by atoms with Crippen LogP contribution < -0.4 is 15.4 Å². The Morgan fingerprint density at radius 1 is 0.897 bits per heavy atom. The van der Waals surface area contributed by atoms with E-state index in [9.17, 15) is 14.7 Å². The quantitative estimate of drug-likeness (QED) is 0.627. The van der Waals surface area contributed by atoms with Gasteiger partial charge in [-0.15, -0.1) is 0 Å². The average molecular weight is 399 g/mol. The van der Waals surface area contributed by atoms with Crippen LogP contribution in [-0.2, 0) is 9.59 Å². The third-order valence-electron chi connectivity index (χ3n) is 4.87. The molecule has 1 unspecified atom stereocenters. The summed E-state index contributed by atoms with van der Waals surface area (Å²) in [6.45, 7) is 10.0. The maximum absolute atomic E-state index is 12.5. The topological polar surface area (TPSA) is 87.7 Å². The minimum Gasteiger partial charge on any atom is -0.508 e.